The normalized spacial score (nSPS) is 15.6. The van der Waals surface area contributed by atoms with Crippen LogP contribution in [0.4, 0.5) is 13.2 Å². The summed E-state index contributed by atoms with van der Waals surface area (Å²) in [6.45, 7) is 0.481. The predicted octanol–water partition coefficient (Wildman–Crippen LogP) is 2.42. The average Bonchev–Trinajstić information content (AvgIpc) is 3.11. The molecule has 182 valence electrons. The second kappa shape index (κ2) is 9.14. The van der Waals surface area contributed by atoms with Gasteiger partial charge in [0, 0.05) is 39.1 Å². The topological polar surface area (TPSA) is 102 Å². The zero-order valence-corrected chi connectivity index (χ0v) is 18.5. The van der Waals surface area contributed by atoms with Gasteiger partial charge in [-0.15, -0.1) is 13.2 Å². The van der Waals surface area contributed by atoms with E-state index in [2.05, 4.69) is 4.74 Å². The summed E-state index contributed by atoms with van der Waals surface area (Å²) in [6, 6.07) is 10.8. The molecule has 2 heterocycles. The van der Waals surface area contributed by atoms with Crippen LogP contribution < -0.4 is 10.5 Å². The summed E-state index contributed by atoms with van der Waals surface area (Å²) in [5.41, 5.74) is 1.01. The van der Waals surface area contributed by atoms with Gasteiger partial charge in [0.25, 0.3) is 0 Å². The first-order valence-electron chi connectivity index (χ1n) is 10.3. The largest absolute Gasteiger partial charge is 0.573 e. The highest BCUT2D eigenvalue weighted by molar-refractivity contribution is 7.89. The van der Waals surface area contributed by atoms with Crippen LogP contribution in [0.2, 0.25) is 0 Å². The molecule has 1 saturated heterocycles. The summed E-state index contributed by atoms with van der Waals surface area (Å²) >= 11 is 0. The molecule has 0 atom stereocenters. The van der Waals surface area contributed by atoms with E-state index in [-0.39, 0.29) is 49.9 Å². The van der Waals surface area contributed by atoms with Crippen molar-refractivity contribution in [2.24, 2.45) is 0 Å². The van der Waals surface area contributed by atoms with Crippen molar-refractivity contribution in [3.63, 3.8) is 0 Å². The van der Waals surface area contributed by atoms with Crippen LogP contribution in [-0.4, -0.2) is 60.6 Å². The quantitative estimate of drug-likeness (QED) is 0.516. The van der Waals surface area contributed by atoms with Crippen LogP contribution in [0.25, 0.3) is 11.1 Å². The van der Waals surface area contributed by atoms with E-state index in [0.717, 1.165) is 24.3 Å². The highest BCUT2D eigenvalue weighted by Gasteiger charge is 2.32. The number of amides is 1. The Balaban J connectivity index is 1.34. The number of nitrogens with zero attached hydrogens (tertiary/aromatic N) is 3. The third-order valence-corrected chi connectivity index (χ3v) is 7.32. The minimum atomic E-state index is -4.87. The number of carbonyl (C=O) groups is 1. The van der Waals surface area contributed by atoms with Gasteiger partial charge in [-0.25, -0.2) is 13.2 Å². The number of alkyl halides is 3. The highest BCUT2D eigenvalue weighted by atomic mass is 32.2. The van der Waals surface area contributed by atoms with Gasteiger partial charge in [0.05, 0.1) is 10.4 Å². The number of hydrogen-bond donors (Lipinski definition) is 0. The molecule has 0 unspecified atom stereocenters. The first-order chi connectivity index (χ1) is 16.0. The number of benzene rings is 2. The molecule has 1 fully saturated rings. The number of aryl methyl sites for hydroxylation is 1. The van der Waals surface area contributed by atoms with Crippen molar-refractivity contribution in [1.29, 1.82) is 0 Å². The first kappa shape index (κ1) is 23.8. The molecular formula is C21H20F3N3O6S. The molecule has 4 rings (SSSR count). The van der Waals surface area contributed by atoms with Gasteiger partial charge in [0.2, 0.25) is 15.9 Å². The van der Waals surface area contributed by atoms with Gasteiger partial charge >= 0.3 is 12.1 Å². The molecule has 0 aliphatic carbocycles. The fourth-order valence-electron chi connectivity index (χ4n) is 3.73. The van der Waals surface area contributed by atoms with Crippen LogP contribution in [0, 0.1) is 0 Å². The van der Waals surface area contributed by atoms with E-state index in [9.17, 15) is 31.2 Å². The summed E-state index contributed by atoms with van der Waals surface area (Å²) in [4.78, 5) is 26.0. The van der Waals surface area contributed by atoms with Crippen molar-refractivity contribution in [2.45, 2.75) is 24.2 Å². The Bertz CT molecular complexity index is 1340. The van der Waals surface area contributed by atoms with E-state index in [1.807, 2.05) is 0 Å². The third kappa shape index (κ3) is 5.09. The monoisotopic (exact) mass is 499 g/mol. The lowest BCUT2D eigenvalue weighted by molar-refractivity contribution is -0.274. The van der Waals surface area contributed by atoms with Gasteiger partial charge in [0.1, 0.15) is 5.75 Å². The lowest BCUT2D eigenvalue weighted by Crippen LogP contribution is -2.50. The smallest absolute Gasteiger partial charge is 0.408 e. The number of carbonyl (C=O) groups excluding carboxylic acids is 1. The van der Waals surface area contributed by atoms with Gasteiger partial charge in [-0.3, -0.25) is 9.36 Å². The number of hydrogen-bond acceptors (Lipinski definition) is 6. The number of fused-ring (bicyclic) bond motifs is 1. The van der Waals surface area contributed by atoms with Crippen LogP contribution in [0.15, 0.2) is 62.6 Å². The van der Waals surface area contributed by atoms with E-state index in [0.29, 0.717) is 11.1 Å². The summed E-state index contributed by atoms with van der Waals surface area (Å²) in [5.74, 6) is -1.31. The third-order valence-electron chi connectivity index (χ3n) is 5.41. The molecule has 1 aliphatic rings. The summed E-state index contributed by atoms with van der Waals surface area (Å²) in [7, 11) is -3.95. The summed E-state index contributed by atoms with van der Waals surface area (Å²) < 4.78 is 73.9. The fourth-order valence-corrected chi connectivity index (χ4v) is 5.15. The zero-order valence-electron chi connectivity index (χ0n) is 17.7. The number of sulfonamides is 1. The molecule has 1 amide bonds. The number of para-hydroxylation sites is 2. The molecule has 34 heavy (non-hydrogen) atoms. The minimum Gasteiger partial charge on any atom is -0.408 e. The van der Waals surface area contributed by atoms with E-state index >= 15 is 0 Å². The molecule has 0 saturated carbocycles. The Hall–Kier alpha value is -3.32. The molecule has 0 N–H and O–H groups in total. The first-order valence-corrected chi connectivity index (χ1v) is 11.7. The predicted molar refractivity (Wildman–Crippen MR) is 114 cm³/mol. The van der Waals surface area contributed by atoms with Crippen molar-refractivity contribution in [2.75, 3.05) is 26.2 Å². The van der Waals surface area contributed by atoms with Crippen molar-refractivity contribution in [1.82, 2.24) is 13.8 Å². The van der Waals surface area contributed by atoms with Crippen LogP contribution in [0.1, 0.15) is 6.42 Å². The Kier molecular flexibility index (Phi) is 6.41. The second-order valence-corrected chi connectivity index (χ2v) is 9.48. The van der Waals surface area contributed by atoms with E-state index < -0.39 is 27.9 Å². The van der Waals surface area contributed by atoms with Crippen molar-refractivity contribution in [3.8, 4) is 5.75 Å². The number of rotatable bonds is 6. The summed E-state index contributed by atoms with van der Waals surface area (Å²) in [6.07, 6.45) is -4.83. The molecule has 2 aromatic carbocycles. The lowest BCUT2D eigenvalue weighted by atomic mass is 10.3. The summed E-state index contributed by atoms with van der Waals surface area (Å²) in [5, 5.41) is 0. The van der Waals surface area contributed by atoms with Gasteiger partial charge in [-0.1, -0.05) is 12.1 Å². The van der Waals surface area contributed by atoms with E-state index in [4.69, 9.17) is 4.42 Å². The van der Waals surface area contributed by atoms with E-state index in [1.54, 1.807) is 24.3 Å². The average molecular weight is 499 g/mol. The number of piperazine rings is 1. The molecule has 0 bridgehead atoms. The molecule has 13 heteroatoms. The number of ether oxygens (including phenoxy) is 1. The fraction of sp³-hybridized carbons (Fsp3) is 0.333. The van der Waals surface area contributed by atoms with Gasteiger partial charge in [-0.05, 0) is 36.4 Å². The van der Waals surface area contributed by atoms with E-state index in [1.165, 1.54) is 13.8 Å². The van der Waals surface area contributed by atoms with Gasteiger partial charge in [-0.2, -0.15) is 4.31 Å². The Morgan fingerprint density at radius 1 is 1.00 bits per heavy atom. The maximum Gasteiger partial charge on any atom is 0.573 e. The molecular weight excluding hydrogens is 479 g/mol. The number of aromatic nitrogens is 1. The Morgan fingerprint density at radius 3 is 2.29 bits per heavy atom. The van der Waals surface area contributed by atoms with Crippen molar-refractivity contribution < 1.29 is 35.5 Å². The van der Waals surface area contributed by atoms with Crippen LogP contribution in [0.3, 0.4) is 0 Å². The molecule has 0 spiro atoms. The van der Waals surface area contributed by atoms with Crippen molar-refractivity contribution >= 4 is 27.0 Å². The standard InChI is InChI=1S/C21H20F3N3O6S/c22-21(23,24)33-15-5-7-16(8-6-15)34(30,31)26-13-11-25(12-14-26)19(28)9-10-27-17-3-1-2-4-18(17)32-20(27)29/h1-8H,9-14H2. The van der Waals surface area contributed by atoms with Gasteiger partial charge in [0.15, 0.2) is 5.58 Å². The number of oxazole rings is 1. The Labute approximate surface area is 192 Å². The second-order valence-electron chi connectivity index (χ2n) is 7.54. The number of halogens is 3. The molecule has 1 aromatic heterocycles. The Morgan fingerprint density at radius 2 is 1.65 bits per heavy atom. The lowest BCUT2D eigenvalue weighted by Gasteiger charge is -2.34. The molecule has 1 aliphatic heterocycles. The van der Waals surface area contributed by atoms with Crippen LogP contribution in [-0.2, 0) is 21.4 Å². The molecule has 3 aromatic rings. The highest BCUT2D eigenvalue weighted by Crippen LogP contribution is 2.25. The van der Waals surface area contributed by atoms with Gasteiger partial charge < -0.3 is 14.1 Å². The van der Waals surface area contributed by atoms with Crippen LogP contribution >= 0.6 is 0 Å². The SMILES string of the molecule is O=C(CCn1c(=O)oc2ccccc21)N1CCN(S(=O)(=O)c2ccc(OC(F)(F)F)cc2)CC1. The molecule has 9 nitrogen and oxygen atoms in total. The van der Waals surface area contributed by atoms with Crippen molar-refractivity contribution in [3.05, 3.63) is 59.1 Å². The minimum absolute atomic E-state index is 0.0312. The zero-order chi connectivity index (χ0) is 24.5. The maximum absolute atomic E-state index is 12.8. The van der Waals surface area contributed by atoms with Crippen LogP contribution in [0.5, 0.6) is 5.75 Å². The maximum atomic E-state index is 12.8. The molecule has 0 radical (unpaired) electrons.